The lowest BCUT2D eigenvalue weighted by Gasteiger charge is -2.38. The van der Waals surface area contributed by atoms with E-state index in [-0.39, 0.29) is 29.9 Å². The number of ether oxygens (including phenoxy) is 2. The van der Waals surface area contributed by atoms with Gasteiger partial charge in [0.05, 0.1) is 17.2 Å². The third kappa shape index (κ3) is 8.21. The Morgan fingerprint density at radius 1 is 1.00 bits per heavy atom. The number of aliphatic hydroxyl groups is 1. The Bertz CT molecular complexity index is 1250. The number of benzene rings is 2. The molecular weight excluding hydrogens is 594 g/mol. The molecule has 1 aliphatic heterocycles. The minimum Gasteiger partial charge on any atom is -0.494 e. The first-order chi connectivity index (χ1) is 19.5. The highest BCUT2D eigenvalue weighted by molar-refractivity contribution is 6.34. The number of likely N-dealkylation sites (tertiary alicyclic amines) is 1. The van der Waals surface area contributed by atoms with E-state index >= 15 is 0 Å². The summed E-state index contributed by atoms with van der Waals surface area (Å²) in [6.45, 7) is 0.283. The number of hydrogen-bond acceptors (Lipinski definition) is 5. The minimum atomic E-state index is -5.50. The fourth-order valence-electron chi connectivity index (χ4n) is 4.71. The fraction of sp³-hybridized carbons (Fsp3) is 0.500. The second-order valence-electron chi connectivity index (χ2n) is 10.2. The summed E-state index contributed by atoms with van der Waals surface area (Å²) in [6, 6.07) is 7.50. The molecule has 0 spiro atoms. The second-order valence-corrected chi connectivity index (χ2v) is 10.6. The van der Waals surface area contributed by atoms with E-state index in [1.165, 1.54) is 4.90 Å². The average Bonchev–Trinajstić information content (AvgIpc) is 2.90. The lowest BCUT2D eigenvalue weighted by molar-refractivity contribution is -0.274. The Morgan fingerprint density at radius 3 is 2.24 bits per heavy atom. The molecule has 0 aromatic heterocycles. The normalized spacial score (nSPS) is 16.1. The van der Waals surface area contributed by atoms with Crippen molar-refractivity contribution >= 4 is 23.4 Å². The molecule has 0 saturated carbocycles. The van der Waals surface area contributed by atoms with Crippen LogP contribution in [-0.2, 0) is 10.4 Å². The highest BCUT2D eigenvalue weighted by Crippen LogP contribution is 2.42. The first-order valence-electron chi connectivity index (χ1n) is 13.1. The number of hydrogen-bond donors (Lipinski definition) is 1. The first-order valence-corrected chi connectivity index (χ1v) is 13.5. The number of amides is 2. The van der Waals surface area contributed by atoms with Crippen molar-refractivity contribution < 1.29 is 50.5 Å². The van der Waals surface area contributed by atoms with Crippen LogP contribution in [0.3, 0.4) is 0 Å². The van der Waals surface area contributed by atoms with Gasteiger partial charge in [-0.05, 0) is 61.9 Å². The summed E-state index contributed by atoms with van der Waals surface area (Å²) < 4.78 is 89.1. The molecule has 232 valence electrons. The number of alkyl halides is 6. The maximum absolute atomic E-state index is 14.0. The Hall–Kier alpha value is -3.19. The molecule has 0 radical (unpaired) electrons. The van der Waals surface area contributed by atoms with Crippen molar-refractivity contribution in [3.63, 3.8) is 0 Å². The van der Waals surface area contributed by atoms with Crippen LogP contribution in [0, 0.1) is 5.92 Å². The Balaban J connectivity index is 1.51. The molecule has 42 heavy (non-hydrogen) atoms. The van der Waals surface area contributed by atoms with Gasteiger partial charge in [0.1, 0.15) is 11.5 Å². The maximum Gasteiger partial charge on any atom is 0.573 e. The molecule has 2 aromatic rings. The molecule has 1 N–H and O–H groups in total. The topological polar surface area (TPSA) is 79.3 Å². The fourth-order valence-corrected chi connectivity index (χ4v) is 4.96. The summed E-state index contributed by atoms with van der Waals surface area (Å²) in [5, 5.41) is 10.9. The Kier molecular flexibility index (Phi) is 10.6. The van der Waals surface area contributed by atoms with E-state index in [0.717, 1.165) is 35.9 Å². The molecule has 1 atom stereocenters. The van der Waals surface area contributed by atoms with Crippen molar-refractivity contribution in [2.45, 2.75) is 50.2 Å². The Labute approximate surface area is 243 Å². The lowest BCUT2D eigenvalue weighted by atomic mass is 9.87. The predicted octanol–water partition coefficient (Wildman–Crippen LogP) is 6.18. The standard InChI is InChI=1S/C28H31ClF6N2O5/c1-36(2)24(38)22-10-9-20(17-23(22)29)41-15-4-3-6-18-11-13-37(14-12-18)25(39)26(40,27(30,31)32)19-7-5-8-21(16-19)42-28(33,34)35/h5,7-10,16-18,40H,3-4,6,11-15H2,1-2H3. The van der Waals surface area contributed by atoms with E-state index in [0.29, 0.717) is 43.2 Å². The summed E-state index contributed by atoms with van der Waals surface area (Å²) >= 11 is 6.18. The zero-order valence-electron chi connectivity index (χ0n) is 22.9. The van der Waals surface area contributed by atoms with Gasteiger partial charge in [-0.2, -0.15) is 13.2 Å². The zero-order valence-corrected chi connectivity index (χ0v) is 23.7. The largest absolute Gasteiger partial charge is 0.573 e. The van der Waals surface area contributed by atoms with Crippen LogP contribution in [-0.4, -0.2) is 73.1 Å². The number of halogens is 7. The van der Waals surface area contributed by atoms with Crippen LogP contribution in [0.1, 0.15) is 48.0 Å². The maximum atomic E-state index is 14.0. The van der Waals surface area contributed by atoms with Gasteiger partial charge in [-0.15, -0.1) is 13.2 Å². The smallest absolute Gasteiger partial charge is 0.494 e. The van der Waals surface area contributed by atoms with Crippen molar-refractivity contribution in [1.29, 1.82) is 0 Å². The van der Waals surface area contributed by atoms with E-state index in [1.807, 2.05) is 0 Å². The summed E-state index contributed by atoms with van der Waals surface area (Å²) in [5.41, 5.74) is -4.75. The Morgan fingerprint density at radius 2 is 1.67 bits per heavy atom. The second kappa shape index (κ2) is 13.4. The van der Waals surface area contributed by atoms with Crippen molar-refractivity contribution in [1.82, 2.24) is 9.80 Å². The molecule has 2 amide bonds. The zero-order chi connectivity index (χ0) is 31.3. The molecular formula is C28H31ClF6N2O5. The third-order valence-electron chi connectivity index (χ3n) is 6.96. The summed E-state index contributed by atoms with van der Waals surface area (Å²) in [6.07, 6.45) is -7.70. The molecule has 1 unspecified atom stereocenters. The predicted molar refractivity (Wildman–Crippen MR) is 141 cm³/mol. The molecule has 0 aliphatic carbocycles. The van der Waals surface area contributed by atoms with Crippen LogP contribution in [0.25, 0.3) is 0 Å². The molecule has 2 aromatic carbocycles. The van der Waals surface area contributed by atoms with Crippen LogP contribution < -0.4 is 9.47 Å². The van der Waals surface area contributed by atoms with Gasteiger partial charge >= 0.3 is 12.5 Å². The summed E-state index contributed by atoms with van der Waals surface area (Å²) in [5.74, 6) is -2.23. The van der Waals surface area contributed by atoms with Crippen molar-refractivity contribution in [3.8, 4) is 11.5 Å². The average molecular weight is 625 g/mol. The van der Waals surface area contributed by atoms with E-state index < -0.39 is 35.4 Å². The molecule has 3 rings (SSSR count). The SMILES string of the molecule is CN(C)C(=O)c1ccc(OCCCCC2CCN(C(=O)C(O)(c3cccc(OC(F)(F)F)c3)C(F)(F)F)CC2)cc1Cl. The van der Waals surface area contributed by atoms with Gasteiger partial charge in [-0.25, -0.2) is 0 Å². The van der Waals surface area contributed by atoms with E-state index in [2.05, 4.69) is 4.74 Å². The third-order valence-corrected chi connectivity index (χ3v) is 7.27. The van der Waals surface area contributed by atoms with Crippen LogP contribution in [0.4, 0.5) is 26.3 Å². The van der Waals surface area contributed by atoms with Gasteiger partial charge in [0.25, 0.3) is 17.4 Å². The number of unbranched alkanes of at least 4 members (excludes halogenated alkanes) is 1. The molecule has 14 heteroatoms. The molecule has 7 nitrogen and oxygen atoms in total. The summed E-state index contributed by atoms with van der Waals surface area (Å²) in [7, 11) is 3.24. The number of nitrogens with zero attached hydrogens (tertiary/aromatic N) is 2. The summed E-state index contributed by atoms with van der Waals surface area (Å²) in [4.78, 5) is 27.3. The monoisotopic (exact) mass is 624 g/mol. The van der Waals surface area contributed by atoms with E-state index in [4.69, 9.17) is 16.3 Å². The van der Waals surface area contributed by atoms with Gasteiger partial charge in [0.15, 0.2) is 0 Å². The number of piperidine rings is 1. The van der Waals surface area contributed by atoms with Crippen molar-refractivity contribution in [2.24, 2.45) is 5.92 Å². The van der Waals surface area contributed by atoms with Crippen molar-refractivity contribution in [3.05, 3.63) is 58.6 Å². The van der Waals surface area contributed by atoms with Crippen LogP contribution >= 0.6 is 11.6 Å². The highest BCUT2D eigenvalue weighted by Gasteiger charge is 2.62. The van der Waals surface area contributed by atoms with Gasteiger partial charge < -0.3 is 24.4 Å². The first kappa shape index (κ1) is 33.3. The number of rotatable bonds is 10. The van der Waals surface area contributed by atoms with Crippen LogP contribution in [0.5, 0.6) is 11.5 Å². The number of carbonyl (C=O) groups excluding carboxylic acids is 2. The molecule has 1 aliphatic rings. The van der Waals surface area contributed by atoms with Gasteiger partial charge in [-0.1, -0.05) is 30.2 Å². The van der Waals surface area contributed by atoms with E-state index in [1.54, 1.807) is 32.3 Å². The van der Waals surface area contributed by atoms with Gasteiger partial charge in [0, 0.05) is 32.7 Å². The minimum absolute atomic E-state index is 0.0480. The number of carbonyl (C=O) groups is 2. The van der Waals surface area contributed by atoms with Crippen LogP contribution in [0.2, 0.25) is 5.02 Å². The van der Waals surface area contributed by atoms with Crippen LogP contribution in [0.15, 0.2) is 42.5 Å². The molecule has 0 bridgehead atoms. The van der Waals surface area contributed by atoms with E-state index in [9.17, 15) is 41.0 Å². The molecule has 1 fully saturated rings. The van der Waals surface area contributed by atoms with Gasteiger partial charge in [0.2, 0.25) is 0 Å². The lowest BCUT2D eigenvalue weighted by Crippen LogP contribution is -2.57. The highest BCUT2D eigenvalue weighted by atomic mass is 35.5. The molecule has 1 heterocycles. The molecule has 1 saturated heterocycles. The van der Waals surface area contributed by atoms with Gasteiger partial charge in [-0.3, -0.25) is 9.59 Å². The quantitative estimate of drug-likeness (QED) is 0.252. The van der Waals surface area contributed by atoms with Crippen molar-refractivity contribution in [2.75, 3.05) is 33.8 Å².